The van der Waals surface area contributed by atoms with Gasteiger partial charge in [-0.15, -0.1) is 0 Å². The lowest BCUT2D eigenvalue weighted by Crippen LogP contribution is -2.32. The van der Waals surface area contributed by atoms with E-state index in [1.54, 1.807) is 0 Å². The van der Waals surface area contributed by atoms with Crippen molar-refractivity contribution in [3.63, 3.8) is 0 Å². The Morgan fingerprint density at radius 1 is 1.33 bits per heavy atom. The van der Waals surface area contributed by atoms with Crippen molar-refractivity contribution >= 4 is 11.6 Å². The first-order valence-electron chi connectivity index (χ1n) is 7.68. The molecule has 4 nitrogen and oxygen atoms in total. The number of guanidine groups is 1. The Kier molecular flexibility index (Phi) is 5.67. The summed E-state index contributed by atoms with van der Waals surface area (Å²) in [7, 11) is 0. The molecule has 2 rings (SSSR count). The zero-order valence-corrected chi connectivity index (χ0v) is 13.0. The number of benzene rings is 1. The highest BCUT2D eigenvalue weighted by atomic mass is 15.1. The van der Waals surface area contributed by atoms with Gasteiger partial charge < -0.3 is 16.0 Å². The molecule has 0 fully saturated rings. The largest absolute Gasteiger partial charge is 0.370 e. The van der Waals surface area contributed by atoms with E-state index in [9.17, 15) is 0 Å². The third kappa shape index (κ3) is 5.14. The lowest BCUT2D eigenvalue weighted by molar-refractivity contribution is 0.576. The van der Waals surface area contributed by atoms with Gasteiger partial charge in [0.1, 0.15) is 0 Å². The van der Waals surface area contributed by atoms with Gasteiger partial charge in [-0.25, -0.2) is 4.99 Å². The van der Waals surface area contributed by atoms with Gasteiger partial charge in [-0.2, -0.15) is 0 Å². The minimum absolute atomic E-state index is 0.531. The minimum Gasteiger partial charge on any atom is -0.370 e. The maximum atomic E-state index is 5.89. The summed E-state index contributed by atoms with van der Waals surface area (Å²) >= 11 is 0. The van der Waals surface area contributed by atoms with Gasteiger partial charge in [-0.1, -0.05) is 38.1 Å². The number of nitrogens with two attached hydrogens (primary N) is 1. The third-order valence-corrected chi connectivity index (χ3v) is 3.55. The van der Waals surface area contributed by atoms with E-state index in [-0.39, 0.29) is 0 Å². The molecule has 0 amide bonds. The van der Waals surface area contributed by atoms with Crippen LogP contribution >= 0.6 is 0 Å². The van der Waals surface area contributed by atoms with Gasteiger partial charge in [0.15, 0.2) is 5.96 Å². The van der Waals surface area contributed by atoms with E-state index >= 15 is 0 Å². The molecule has 1 aromatic rings. The van der Waals surface area contributed by atoms with Gasteiger partial charge in [0, 0.05) is 25.3 Å². The molecule has 1 aromatic carbocycles. The predicted octanol–water partition coefficient (Wildman–Crippen LogP) is 2.51. The second-order valence-corrected chi connectivity index (χ2v) is 5.86. The minimum atomic E-state index is 0.531. The van der Waals surface area contributed by atoms with Crippen LogP contribution in [0.4, 0.5) is 5.69 Å². The first-order valence-corrected chi connectivity index (χ1v) is 7.68. The number of anilines is 1. The van der Waals surface area contributed by atoms with Crippen molar-refractivity contribution in [3.05, 3.63) is 42.0 Å². The Morgan fingerprint density at radius 3 is 2.81 bits per heavy atom. The summed E-state index contributed by atoms with van der Waals surface area (Å²) in [4.78, 5) is 6.74. The Bertz CT molecular complexity index is 497. The van der Waals surface area contributed by atoms with Crippen molar-refractivity contribution in [2.24, 2.45) is 16.6 Å². The van der Waals surface area contributed by atoms with Crippen LogP contribution in [0.3, 0.4) is 0 Å². The van der Waals surface area contributed by atoms with E-state index < -0.39 is 0 Å². The van der Waals surface area contributed by atoms with Crippen LogP contribution in [0.25, 0.3) is 0 Å². The van der Waals surface area contributed by atoms with Crippen LogP contribution in [0.5, 0.6) is 0 Å². The Hall–Kier alpha value is -1.97. The SMILES string of the molecule is CC(C)CCNC(N)=NCc1cccc(N2CC=CC2)c1. The van der Waals surface area contributed by atoms with Gasteiger partial charge in [0.05, 0.1) is 6.54 Å². The number of hydrogen-bond acceptors (Lipinski definition) is 2. The highest BCUT2D eigenvalue weighted by Gasteiger charge is 2.07. The average Bonchev–Trinajstić information content (AvgIpc) is 2.99. The van der Waals surface area contributed by atoms with Gasteiger partial charge in [-0.3, -0.25) is 0 Å². The molecule has 1 aliphatic rings. The summed E-state index contributed by atoms with van der Waals surface area (Å²) in [5, 5.41) is 3.16. The van der Waals surface area contributed by atoms with Gasteiger partial charge in [0.2, 0.25) is 0 Å². The molecular formula is C17H26N4. The highest BCUT2D eigenvalue weighted by Crippen LogP contribution is 2.18. The molecule has 0 saturated heterocycles. The first-order chi connectivity index (χ1) is 10.1. The second kappa shape index (κ2) is 7.72. The summed E-state index contributed by atoms with van der Waals surface area (Å²) in [5.41, 5.74) is 8.32. The van der Waals surface area contributed by atoms with Gasteiger partial charge in [0.25, 0.3) is 0 Å². The lowest BCUT2D eigenvalue weighted by Gasteiger charge is -2.18. The molecule has 0 atom stereocenters. The third-order valence-electron chi connectivity index (χ3n) is 3.55. The molecule has 114 valence electrons. The molecule has 4 heteroatoms. The van der Waals surface area contributed by atoms with Crippen molar-refractivity contribution < 1.29 is 0 Å². The van der Waals surface area contributed by atoms with Crippen molar-refractivity contribution in [2.75, 3.05) is 24.5 Å². The van der Waals surface area contributed by atoms with Crippen molar-refractivity contribution in [1.82, 2.24) is 5.32 Å². The van der Waals surface area contributed by atoms with E-state index in [1.165, 1.54) is 11.3 Å². The van der Waals surface area contributed by atoms with Crippen molar-refractivity contribution in [2.45, 2.75) is 26.8 Å². The molecule has 0 unspecified atom stereocenters. The predicted molar refractivity (Wildman–Crippen MR) is 90.6 cm³/mol. The number of hydrogen-bond donors (Lipinski definition) is 2. The summed E-state index contributed by atoms with van der Waals surface area (Å²) in [6.07, 6.45) is 5.50. The molecule has 3 N–H and O–H groups in total. The van der Waals surface area contributed by atoms with Crippen LogP contribution in [0.15, 0.2) is 41.4 Å². The van der Waals surface area contributed by atoms with Crippen LogP contribution in [0, 0.1) is 5.92 Å². The average molecular weight is 286 g/mol. The quantitative estimate of drug-likeness (QED) is 0.480. The van der Waals surface area contributed by atoms with Crippen LogP contribution in [-0.2, 0) is 6.54 Å². The zero-order valence-electron chi connectivity index (χ0n) is 13.0. The topological polar surface area (TPSA) is 53.6 Å². The number of nitrogens with zero attached hydrogens (tertiary/aromatic N) is 2. The maximum Gasteiger partial charge on any atom is 0.188 e. The first kappa shape index (κ1) is 15.4. The fourth-order valence-corrected chi connectivity index (χ4v) is 2.26. The molecular weight excluding hydrogens is 260 g/mol. The standard InChI is InChI=1S/C17H26N4/c1-14(2)8-9-19-17(18)20-13-15-6-5-7-16(12-15)21-10-3-4-11-21/h3-7,12,14H,8-11,13H2,1-2H3,(H3,18,19,20). The summed E-state index contributed by atoms with van der Waals surface area (Å²) < 4.78 is 0. The highest BCUT2D eigenvalue weighted by molar-refractivity contribution is 5.77. The summed E-state index contributed by atoms with van der Waals surface area (Å²) in [6, 6.07) is 8.52. The van der Waals surface area contributed by atoms with Crippen molar-refractivity contribution in [1.29, 1.82) is 0 Å². The van der Waals surface area contributed by atoms with Crippen LogP contribution in [-0.4, -0.2) is 25.6 Å². The molecule has 1 aliphatic heterocycles. The summed E-state index contributed by atoms with van der Waals surface area (Å²) in [5.74, 6) is 1.21. The van der Waals surface area contributed by atoms with Crippen LogP contribution < -0.4 is 16.0 Å². The Balaban J connectivity index is 1.86. The Morgan fingerprint density at radius 2 is 2.10 bits per heavy atom. The lowest BCUT2D eigenvalue weighted by atomic mass is 10.1. The van der Waals surface area contributed by atoms with Crippen molar-refractivity contribution in [3.8, 4) is 0 Å². The number of nitrogens with one attached hydrogen (secondary N) is 1. The molecule has 21 heavy (non-hydrogen) atoms. The van der Waals surface area contributed by atoms with Crippen LogP contribution in [0.2, 0.25) is 0 Å². The zero-order chi connectivity index (χ0) is 15.1. The van der Waals surface area contributed by atoms with Gasteiger partial charge in [-0.05, 0) is 30.0 Å². The van der Waals surface area contributed by atoms with E-state index in [2.05, 4.69) is 65.5 Å². The Labute approximate surface area is 127 Å². The summed E-state index contributed by atoms with van der Waals surface area (Å²) in [6.45, 7) is 7.89. The van der Waals surface area contributed by atoms with E-state index in [1.807, 2.05) is 0 Å². The number of rotatable bonds is 6. The molecule has 0 saturated carbocycles. The molecule has 0 aromatic heterocycles. The second-order valence-electron chi connectivity index (χ2n) is 5.86. The normalized spacial score (nSPS) is 15.0. The molecule has 0 radical (unpaired) electrons. The molecule has 0 spiro atoms. The monoisotopic (exact) mass is 286 g/mol. The fraction of sp³-hybridized carbons (Fsp3) is 0.471. The number of aliphatic imine (C=N–C) groups is 1. The molecule has 0 bridgehead atoms. The molecule has 0 aliphatic carbocycles. The maximum absolute atomic E-state index is 5.89. The van der Waals surface area contributed by atoms with Crippen LogP contribution in [0.1, 0.15) is 25.8 Å². The van der Waals surface area contributed by atoms with E-state index in [4.69, 9.17) is 5.73 Å². The van der Waals surface area contributed by atoms with E-state index in [0.717, 1.165) is 26.1 Å². The van der Waals surface area contributed by atoms with Gasteiger partial charge >= 0.3 is 0 Å². The van der Waals surface area contributed by atoms with E-state index in [0.29, 0.717) is 18.4 Å². The molecule has 1 heterocycles. The fourth-order valence-electron chi connectivity index (χ4n) is 2.26. The smallest absolute Gasteiger partial charge is 0.188 e.